The molecule has 3 unspecified atom stereocenters. The molecule has 1 aromatic carbocycles. The van der Waals surface area contributed by atoms with Gasteiger partial charge in [0.15, 0.2) is 5.78 Å². The number of allylic oxidation sites excluding steroid dienone is 1. The van der Waals surface area contributed by atoms with E-state index < -0.39 is 59.8 Å². The molecule has 466 valence electrons. The molecule has 1 aliphatic carbocycles. The van der Waals surface area contributed by atoms with E-state index in [-0.39, 0.29) is 90.0 Å². The molecule has 1 aromatic rings. The molecule has 0 saturated carbocycles. The highest BCUT2D eigenvalue weighted by atomic mass is 16.6. The summed E-state index contributed by atoms with van der Waals surface area (Å²) in [5.41, 5.74) is 0.0618. The number of hydrogen-bond acceptors (Lipinski definition) is 13. The number of unbranched alkanes of at least 4 members (excludes halogenated alkanes) is 1. The van der Waals surface area contributed by atoms with E-state index >= 15 is 0 Å². The number of aliphatic hydroxyl groups is 1. The number of hydrogen-bond donors (Lipinski definition) is 2. The Morgan fingerprint density at radius 1 is 0.780 bits per heavy atom. The van der Waals surface area contributed by atoms with Crippen LogP contribution >= 0.6 is 0 Å². The molecule has 1 fully saturated rings. The molecule has 13 atom stereocenters. The van der Waals surface area contributed by atoms with Gasteiger partial charge in [0.05, 0.1) is 56.1 Å². The monoisotopic (exact) mass is 1150 g/mol. The van der Waals surface area contributed by atoms with Gasteiger partial charge >= 0.3 is 6.09 Å². The lowest BCUT2D eigenvalue weighted by Gasteiger charge is -2.41. The normalized spacial score (nSPS) is 21.6. The van der Waals surface area contributed by atoms with E-state index in [9.17, 15) is 38.7 Å². The van der Waals surface area contributed by atoms with Crippen LogP contribution in [-0.2, 0) is 52.5 Å². The van der Waals surface area contributed by atoms with Crippen molar-refractivity contribution < 1.29 is 62.4 Å². The minimum absolute atomic E-state index is 0.0198. The first-order valence-electron chi connectivity index (χ1n) is 30.8. The second-order valence-corrected chi connectivity index (χ2v) is 24.7. The van der Waals surface area contributed by atoms with Crippen LogP contribution in [0.5, 0.6) is 0 Å². The van der Waals surface area contributed by atoms with Crippen LogP contribution in [0.2, 0.25) is 0 Å². The molecule has 4 amide bonds. The highest BCUT2D eigenvalue weighted by Gasteiger charge is 2.44. The number of aliphatic hydroxyl groups excluding tert-OH is 1. The van der Waals surface area contributed by atoms with Gasteiger partial charge in [0.2, 0.25) is 17.7 Å². The van der Waals surface area contributed by atoms with Crippen molar-refractivity contribution in [3.63, 3.8) is 0 Å². The van der Waals surface area contributed by atoms with Crippen LogP contribution in [0.3, 0.4) is 0 Å². The molecular weight excluding hydrogens is 1040 g/mol. The van der Waals surface area contributed by atoms with E-state index in [0.717, 1.165) is 31.2 Å². The molecule has 82 heavy (non-hydrogen) atoms. The summed E-state index contributed by atoms with van der Waals surface area (Å²) in [4.78, 5) is 103. The smallest absolute Gasteiger partial charge is 0.410 e. The number of amides is 4. The predicted octanol–water partition coefficient (Wildman–Crippen LogP) is 10.0. The molecule has 3 rings (SSSR count). The summed E-state index contributed by atoms with van der Waals surface area (Å²) >= 11 is 0. The number of carbonyl (C=O) groups is 7. The third kappa shape index (κ3) is 21.5. The number of likely N-dealkylation sites (N-methyl/N-ethyl adjacent to an activating group) is 2. The number of nitrogens with one attached hydrogen (secondary N) is 1. The minimum Gasteiger partial charge on any atom is -0.442 e. The summed E-state index contributed by atoms with van der Waals surface area (Å²) in [6.07, 6.45) is 8.18. The minimum atomic E-state index is -0.895. The summed E-state index contributed by atoms with van der Waals surface area (Å²) in [5, 5.41) is 14.1. The standard InChI is InChI=1S/C65H108N4O13/c1-16-45(6)59(56(79-14)42-57(73)69-36-24-30-52(69)61(80-15)48(9)54(71)40-47(8)60(74)49-27-18-17-19-28-49)67(11)62(75)51(43(2)3)41-55(72)58(44(4)5)68(12)64(77)82-50-29-20-22-33-65(10,34-32-50)63(76)66-35-23-21-26-46(7)53(70)31-25-37-81-39-38-78-13/h17-20,27-29,43-48,50-52,56,58-61,74H,16,21-26,30-42H2,1-15H3,(H,66,76)/b29-20+/t45-,46?,47-,48-,50?,51-,52-,56+,58-,59-,60+,61+,65?/m0/s1. The molecule has 2 aliphatic rings. The van der Waals surface area contributed by atoms with E-state index in [4.69, 9.17) is 23.7 Å². The van der Waals surface area contributed by atoms with Crippen molar-refractivity contribution >= 4 is 41.2 Å². The molecule has 17 heteroatoms. The summed E-state index contributed by atoms with van der Waals surface area (Å²) in [6.45, 7) is 21.8. The molecule has 1 heterocycles. The first-order valence-corrected chi connectivity index (χ1v) is 30.8. The first kappa shape index (κ1) is 71.7. The van der Waals surface area contributed by atoms with Gasteiger partial charge in [-0.25, -0.2) is 4.79 Å². The predicted molar refractivity (Wildman–Crippen MR) is 320 cm³/mol. The van der Waals surface area contributed by atoms with Gasteiger partial charge in [0.25, 0.3) is 0 Å². The van der Waals surface area contributed by atoms with Crippen molar-refractivity contribution in [2.24, 2.45) is 46.8 Å². The van der Waals surface area contributed by atoms with Gasteiger partial charge in [-0.1, -0.05) is 118 Å². The van der Waals surface area contributed by atoms with Gasteiger partial charge in [-0.2, -0.15) is 0 Å². The number of nitrogens with zero attached hydrogens (tertiary/aromatic N) is 3. The largest absolute Gasteiger partial charge is 0.442 e. The van der Waals surface area contributed by atoms with Crippen molar-refractivity contribution in [1.29, 1.82) is 0 Å². The van der Waals surface area contributed by atoms with Crippen molar-refractivity contribution in [2.45, 2.75) is 208 Å². The maximum atomic E-state index is 14.9. The van der Waals surface area contributed by atoms with E-state index in [1.807, 2.05) is 112 Å². The van der Waals surface area contributed by atoms with Crippen molar-refractivity contribution in [2.75, 3.05) is 68.3 Å². The number of methoxy groups -OCH3 is 3. The Balaban J connectivity index is 1.64. The lowest BCUT2D eigenvalue weighted by Crippen LogP contribution is -2.54. The van der Waals surface area contributed by atoms with E-state index in [2.05, 4.69) is 5.32 Å². The second-order valence-electron chi connectivity index (χ2n) is 24.7. The summed E-state index contributed by atoms with van der Waals surface area (Å²) in [6, 6.07) is 7.51. The van der Waals surface area contributed by atoms with Gasteiger partial charge in [0, 0.05) is 97.6 Å². The van der Waals surface area contributed by atoms with Gasteiger partial charge in [0.1, 0.15) is 17.7 Å². The molecule has 1 aliphatic heterocycles. The third-order valence-corrected chi connectivity index (χ3v) is 17.8. The zero-order chi connectivity index (χ0) is 61.3. The number of carbonyl (C=O) groups excluding carboxylic acids is 7. The van der Waals surface area contributed by atoms with E-state index in [1.54, 1.807) is 45.2 Å². The van der Waals surface area contributed by atoms with Crippen molar-refractivity contribution in [3.05, 3.63) is 48.0 Å². The number of Topliss-reactive ketones (excluding diaryl/α,β-unsaturated/α-hetero) is 3. The summed E-state index contributed by atoms with van der Waals surface area (Å²) in [7, 11) is 8.02. The van der Waals surface area contributed by atoms with Crippen LogP contribution in [0, 0.1) is 46.8 Å². The Morgan fingerprint density at radius 2 is 1.48 bits per heavy atom. The molecular formula is C65H108N4O13. The van der Waals surface area contributed by atoms with Gasteiger partial charge in [-0.15, -0.1) is 0 Å². The lowest BCUT2D eigenvalue weighted by atomic mass is 9.78. The Hall–Kier alpha value is -4.55. The van der Waals surface area contributed by atoms with Crippen LogP contribution in [0.15, 0.2) is 42.5 Å². The van der Waals surface area contributed by atoms with Crippen LogP contribution in [0.25, 0.3) is 0 Å². The van der Waals surface area contributed by atoms with Crippen LogP contribution in [-0.4, -0.2) is 166 Å². The van der Waals surface area contributed by atoms with Gasteiger partial charge in [-0.3, -0.25) is 28.8 Å². The molecule has 1 saturated heterocycles. The fourth-order valence-electron chi connectivity index (χ4n) is 12.2. The van der Waals surface area contributed by atoms with Gasteiger partial charge in [-0.05, 0) is 93.1 Å². The molecule has 0 bridgehead atoms. The number of likely N-dealkylation sites (tertiary alicyclic amines) is 1. The zero-order valence-corrected chi connectivity index (χ0v) is 53.0. The number of ketones is 3. The summed E-state index contributed by atoms with van der Waals surface area (Å²) < 4.78 is 28.7. The maximum Gasteiger partial charge on any atom is 0.410 e. The number of benzene rings is 1. The van der Waals surface area contributed by atoms with Crippen LogP contribution in [0.4, 0.5) is 4.79 Å². The van der Waals surface area contributed by atoms with Gasteiger partial charge < -0.3 is 48.8 Å². The molecule has 17 nitrogen and oxygen atoms in total. The third-order valence-electron chi connectivity index (χ3n) is 17.8. The van der Waals surface area contributed by atoms with Crippen LogP contribution in [0.1, 0.15) is 177 Å². The summed E-state index contributed by atoms with van der Waals surface area (Å²) in [5.74, 6) is -2.90. The Bertz CT molecular complexity index is 2160. The van der Waals surface area contributed by atoms with E-state index in [1.165, 1.54) is 4.90 Å². The highest BCUT2D eigenvalue weighted by molar-refractivity contribution is 5.92. The first-order chi connectivity index (χ1) is 38.9. The molecule has 0 radical (unpaired) electrons. The highest BCUT2D eigenvalue weighted by Crippen LogP contribution is 2.35. The fourth-order valence-corrected chi connectivity index (χ4v) is 12.2. The fraction of sp³-hybridized carbons (Fsp3) is 0.769. The van der Waals surface area contributed by atoms with Crippen LogP contribution < -0.4 is 5.32 Å². The SMILES string of the molecule is CC[C@H](C)[C@@H]([C@@H](CC(=O)N1CCC[C@H]1[C@H](OC)[C@@H](C)C(=O)C[C@H](C)[C@@H](O)c1ccccc1)OC)N(C)C(=O)[C@@H](CC(=O)[C@H](C(C)C)N(C)C(=O)OC1/C=C/CCC(C)(C(=O)NCCCCC(C)C(=O)CCCOCCOC)CC1)C(C)C. The maximum absolute atomic E-state index is 14.9. The average molecular weight is 1150 g/mol. The Labute approximate surface area is 493 Å². The zero-order valence-electron chi connectivity index (χ0n) is 53.0. The average Bonchev–Trinajstić information content (AvgIpc) is 3.94. The molecule has 2 N–H and O–H groups in total. The van der Waals surface area contributed by atoms with E-state index in [0.29, 0.717) is 84.3 Å². The second kappa shape index (κ2) is 36.3. The molecule has 0 spiro atoms. The Kier molecular flexibility index (Phi) is 31.8. The number of rotatable bonds is 37. The van der Waals surface area contributed by atoms with Crippen molar-refractivity contribution in [1.82, 2.24) is 20.0 Å². The molecule has 0 aromatic heterocycles. The lowest BCUT2D eigenvalue weighted by molar-refractivity contribution is -0.149. The van der Waals surface area contributed by atoms with Crippen molar-refractivity contribution in [3.8, 4) is 0 Å². The Morgan fingerprint density at radius 3 is 2.10 bits per heavy atom. The topological polar surface area (TPSA) is 208 Å². The quantitative estimate of drug-likeness (QED) is 0.0470. The number of ether oxygens (including phenoxy) is 5.